The van der Waals surface area contributed by atoms with Crippen LogP contribution in [0.15, 0.2) is 35.7 Å². The van der Waals surface area contributed by atoms with E-state index in [-0.39, 0.29) is 5.54 Å². The summed E-state index contributed by atoms with van der Waals surface area (Å²) in [6.45, 7) is 4.81. The van der Waals surface area contributed by atoms with E-state index in [1.54, 1.807) is 16.0 Å². The minimum Gasteiger partial charge on any atom is -0.353 e. The van der Waals surface area contributed by atoms with Crippen molar-refractivity contribution in [2.75, 3.05) is 4.90 Å². The SMILES string of the molecule is Cc1ccccc1N1C(C)c2c(n(C)c3ccsc23)C12C1CC3CC(C1)CC2C3. The number of thiophene rings is 1. The molecule has 1 unspecified atom stereocenters. The van der Waals surface area contributed by atoms with Gasteiger partial charge in [0.15, 0.2) is 0 Å². The van der Waals surface area contributed by atoms with E-state index in [1.165, 1.54) is 48.9 Å². The Morgan fingerprint density at radius 3 is 2.34 bits per heavy atom. The first-order valence-corrected chi connectivity index (χ1v) is 12.4. The second-order valence-corrected chi connectivity index (χ2v) is 11.3. The molecule has 3 heterocycles. The number of para-hydroxylation sites is 1. The molecule has 4 bridgehead atoms. The van der Waals surface area contributed by atoms with Gasteiger partial charge in [0.05, 0.1) is 27.5 Å². The van der Waals surface area contributed by atoms with E-state index < -0.39 is 0 Å². The Hall–Kier alpha value is -1.74. The van der Waals surface area contributed by atoms with Crippen molar-refractivity contribution in [1.29, 1.82) is 0 Å². The summed E-state index contributed by atoms with van der Waals surface area (Å²) in [5, 5.41) is 2.29. The van der Waals surface area contributed by atoms with Gasteiger partial charge in [-0.3, -0.25) is 0 Å². The van der Waals surface area contributed by atoms with E-state index in [2.05, 4.69) is 66.1 Å². The molecule has 0 radical (unpaired) electrons. The molecule has 8 rings (SSSR count). The van der Waals surface area contributed by atoms with Crippen LogP contribution in [0.25, 0.3) is 10.2 Å². The minimum absolute atomic E-state index is 0.196. The zero-order valence-electron chi connectivity index (χ0n) is 17.7. The minimum atomic E-state index is 0.196. The Morgan fingerprint density at radius 2 is 1.66 bits per heavy atom. The number of aryl methyl sites for hydroxylation is 2. The van der Waals surface area contributed by atoms with Crippen molar-refractivity contribution >= 4 is 27.2 Å². The molecule has 0 saturated heterocycles. The molecule has 1 atom stereocenters. The fraction of sp³-hybridized carbons (Fsp3) is 0.538. The lowest BCUT2D eigenvalue weighted by Gasteiger charge is -2.64. The Kier molecular flexibility index (Phi) is 3.22. The Labute approximate surface area is 177 Å². The Bertz CT molecular complexity index is 1110. The molecule has 1 spiro atoms. The molecule has 4 aliphatic carbocycles. The molecule has 5 aliphatic rings. The van der Waals surface area contributed by atoms with Crippen molar-refractivity contribution in [3.05, 3.63) is 52.5 Å². The first-order chi connectivity index (χ1) is 14.1. The second-order valence-electron chi connectivity index (χ2n) is 10.4. The third kappa shape index (κ3) is 1.86. The monoisotopic (exact) mass is 402 g/mol. The molecule has 29 heavy (non-hydrogen) atoms. The first-order valence-electron chi connectivity index (χ1n) is 11.5. The van der Waals surface area contributed by atoms with Gasteiger partial charge in [-0.1, -0.05) is 18.2 Å². The van der Waals surface area contributed by atoms with Crippen LogP contribution in [0.3, 0.4) is 0 Å². The summed E-state index contributed by atoms with van der Waals surface area (Å²) in [5.74, 6) is 3.60. The summed E-state index contributed by atoms with van der Waals surface area (Å²) in [5.41, 5.74) is 7.90. The second kappa shape index (κ2) is 5.49. The van der Waals surface area contributed by atoms with Crippen molar-refractivity contribution in [1.82, 2.24) is 4.57 Å². The standard InChI is InChI=1S/C26H30N2S/c1-15-6-4-5-7-21(15)28-16(2)23-24-22(8-9-29-24)27(3)25(23)26(28)19-11-17-10-18(13-19)14-20(26)12-17/h4-9,16-20H,10-14H2,1-3H3. The summed E-state index contributed by atoms with van der Waals surface area (Å²) in [6, 6.07) is 12.0. The van der Waals surface area contributed by atoms with Crippen LogP contribution in [0, 0.1) is 30.6 Å². The maximum atomic E-state index is 2.93. The Morgan fingerprint density at radius 1 is 0.966 bits per heavy atom. The van der Waals surface area contributed by atoms with Gasteiger partial charge in [0.1, 0.15) is 0 Å². The molecule has 0 amide bonds. The van der Waals surface area contributed by atoms with Crippen LogP contribution < -0.4 is 4.90 Å². The van der Waals surface area contributed by atoms with Crippen molar-refractivity contribution in [2.45, 2.75) is 57.5 Å². The van der Waals surface area contributed by atoms with Crippen LogP contribution >= 0.6 is 11.3 Å². The van der Waals surface area contributed by atoms with E-state index in [1.807, 2.05) is 11.3 Å². The highest BCUT2D eigenvalue weighted by Crippen LogP contribution is 2.69. The van der Waals surface area contributed by atoms with Gasteiger partial charge in [0, 0.05) is 18.3 Å². The molecule has 3 heteroatoms. The Balaban J connectivity index is 1.56. The van der Waals surface area contributed by atoms with Crippen LogP contribution in [-0.2, 0) is 12.6 Å². The number of hydrogen-bond donors (Lipinski definition) is 0. The van der Waals surface area contributed by atoms with Crippen LogP contribution in [-0.4, -0.2) is 4.57 Å². The van der Waals surface area contributed by atoms with E-state index in [9.17, 15) is 0 Å². The van der Waals surface area contributed by atoms with Crippen LogP contribution in [0.5, 0.6) is 0 Å². The molecule has 1 aliphatic heterocycles. The van der Waals surface area contributed by atoms with Gasteiger partial charge in [-0.05, 0) is 92.7 Å². The molecule has 0 N–H and O–H groups in total. The summed E-state index contributed by atoms with van der Waals surface area (Å²) < 4.78 is 4.15. The first kappa shape index (κ1) is 17.0. The van der Waals surface area contributed by atoms with Crippen molar-refractivity contribution in [3.63, 3.8) is 0 Å². The lowest BCUT2D eigenvalue weighted by atomic mass is 9.47. The van der Waals surface area contributed by atoms with Gasteiger partial charge in [0.2, 0.25) is 0 Å². The zero-order valence-corrected chi connectivity index (χ0v) is 18.5. The summed E-state index contributed by atoms with van der Waals surface area (Å²) >= 11 is 1.96. The van der Waals surface area contributed by atoms with Crippen LogP contribution in [0.4, 0.5) is 5.69 Å². The maximum Gasteiger partial charge on any atom is 0.0870 e. The van der Waals surface area contributed by atoms with Crippen LogP contribution in [0.1, 0.15) is 61.9 Å². The highest BCUT2D eigenvalue weighted by molar-refractivity contribution is 7.17. The third-order valence-electron chi connectivity index (χ3n) is 9.18. The summed E-state index contributed by atoms with van der Waals surface area (Å²) in [7, 11) is 2.36. The van der Waals surface area contributed by atoms with Gasteiger partial charge < -0.3 is 9.47 Å². The molecule has 4 fully saturated rings. The van der Waals surface area contributed by atoms with Gasteiger partial charge in [-0.25, -0.2) is 0 Å². The summed E-state index contributed by atoms with van der Waals surface area (Å²) in [6.07, 6.45) is 7.29. The van der Waals surface area contributed by atoms with Gasteiger partial charge in [-0.15, -0.1) is 11.3 Å². The predicted octanol–water partition coefficient (Wildman–Crippen LogP) is 6.78. The zero-order chi connectivity index (χ0) is 19.5. The molecule has 3 aromatic rings. The van der Waals surface area contributed by atoms with Gasteiger partial charge >= 0.3 is 0 Å². The molecule has 4 saturated carbocycles. The number of benzene rings is 1. The average Bonchev–Trinajstić information content (AvgIpc) is 3.34. The third-order valence-corrected chi connectivity index (χ3v) is 10.1. The van der Waals surface area contributed by atoms with Crippen LogP contribution in [0.2, 0.25) is 0 Å². The van der Waals surface area contributed by atoms with Gasteiger partial charge in [0.25, 0.3) is 0 Å². The number of hydrogen-bond acceptors (Lipinski definition) is 2. The molecule has 1 aromatic carbocycles. The number of rotatable bonds is 1. The van der Waals surface area contributed by atoms with E-state index in [0.29, 0.717) is 6.04 Å². The molecule has 2 aromatic heterocycles. The number of aromatic nitrogens is 1. The predicted molar refractivity (Wildman–Crippen MR) is 122 cm³/mol. The number of anilines is 1. The smallest absolute Gasteiger partial charge is 0.0870 e. The topological polar surface area (TPSA) is 8.17 Å². The summed E-state index contributed by atoms with van der Waals surface area (Å²) in [4.78, 5) is 2.93. The highest BCUT2D eigenvalue weighted by atomic mass is 32.1. The fourth-order valence-electron chi connectivity index (χ4n) is 8.54. The molecule has 150 valence electrons. The van der Waals surface area contributed by atoms with E-state index in [0.717, 1.165) is 23.7 Å². The van der Waals surface area contributed by atoms with Crippen molar-refractivity contribution < 1.29 is 0 Å². The van der Waals surface area contributed by atoms with Crippen molar-refractivity contribution in [3.8, 4) is 0 Å². The van der Waals surface area contributed by atoms with E-state index in [4.69, 9.17) is 0 Å². The number of fused-ring (bicyclic) bond motifs is 3. The average molecular weight is 403 g/mol. The largest absolute Gasteiger partial charge is 0.353 e. The maximum absolute atomic E-state index is 2.93. The molecule has 2 nitrogen and oxygen atoms in total. The van der Waals surface area contributed by atoms with E-state index >= 15 is 0 Å². The normalized spacial score (nSPS) is 37.2. The number of nitrogens with zero attached hydrogens (tertiary/aromatic N) is 2. The lowest BCUT2D eigenvalue weighted by Crippen LogP contribution is -2.62. The van der Waals surface area contributed by atoms with Crippen molar-refractivity contribution in [2.24, 2.45) is 30.7 Å². The fourth-order valence-corrected chi connectivity index (χ4v) is 9.59. The quantitative estimate of drug-likeness (QED) is 0.435. The highest BCUT2D eigenvalue weighted by Gasteiger charge is 2.66. The molecular weight excluding hydrogens is 372 g/mol. The lowest BCUT2D eigenvalue weighted by molar-refractivity contribution is -0.0629. The van der Waals surface area contributed by atoms with Gasteiger partial charge in [-0.2, -0.15) is 0 Å². The molecular formula is C26H30N2S.